The second-order valence-electron chi connectivity index (χ2n) is 14.3. The van der Waals surface area contributed by atoms with E-state index in [0.717, 1.165) is 5.69 Å². The smallest absolute Gasteiger partial charge is 0.0462 e. The van der Waals surface area contributed by atoms with Crippen molar-refractivity contribution >= 4 is 72.3 Å². The van der Waals surface area contributed by atoms with Gasteiger partial charge in [0, 0.05) is 33.8 Å². The van der Waals surface area contributed by atoms with E-state index in [9.17, 15) is 0 Å². The van der Waals surface area contributed by atoms with E-state index in [1.165, 1.54) is 42.8 Å². The van der Waals surface area contributed by atoms with Crippen LogP contribution in [0.3, 0.4) is 0 Å². The summed E-state index contributed by atoms with van der Waals surface area (Å²) in [5.41, 5.74) is 3.81. The van der Waals surface area contributed by atoms with Gasteiger partial charge in [-0.15, -0.1) is 0 Å². The molecule has 1 radical (unpaired) electrons. The Morgan fingerprint density at radius 2 is 0.542 bits per heavy atom. The number of nitrogens with one attached hydrogen (secondary N) is 1. The molecule has 59 heavy (non-hydrogen) atoms. The third kappa shape index (κ3) is 13.6. The molecule has 0 aliphatic rings. The van der Waals surface area contributed by atoms with Crippen LogP contribution in [0.15, 0.2) is 237 Å². The van der Waals surface area contributed by atoms with Crippen molar-refractivity contribution in [1.29, 1.82) is 0 Å². The number of hydrogen-bond acceptors (Lipinski definition) is 1. The second-order valence-corrected chi connectivity index (χ2v) is 22.1. The Morgan fingerprint density at radius 1 is 0.305 bits per heavy atom. The van der Waals surface area contributed by atoms with Crippen LogP contribution in [0.4, 0.5) is 11.4 Å². The van der Waals surface area contributed by atoms with E-state index >= 15 is 0 Å². The summed E-state index contributed by atoms with van der Waals surface area (Å²) in [5, 5.41) is 13.5. The summed E-state index contributed by atoms with van der Waals surface area (Å²) in [6.07, 6.45) is 0. The molecule has 0 fully saturated rings. The Kier molecular flexibility index (Phi) is 19.1. The zero-order chi connectivity index (χ0) is 40.4. The number of hydrogen-bond donors (Lipinski definition) is 1. The van der Waals surface area contributed by atoms with Gasteiger partial charge in [0.1, 0.15) is 0 Å². The molecule has 301 valence electrons. The summed E-state index contributed by atoms with van der Waals surface area (Å²) in [4.78, 5) is 0. The normalized spacial score (nSPS) is 10.7. The summed E-state index contributed by atoms with van der Waals surface area (Å²) in [6.45, 7) is 9.35. The third-order valence-electron chi connectivity index (χ3n) is 9.43. The van der Waals surface area contributed by atoms with Gasteiger partial charge in [0.15, 0.2) is 0 Å². The van der Waals surface area contributed by atoms with Gasteiger partial charge in [-0.3, -0.25) is 0 Å². The van der Waals surface area contributed by atoms with Crippen molar-refractivity contribution in [2.45, 2.75) is 39.0 Å². The van der Waals surface area contributed by atoms with Crippen LogP contribution in [0.5, 0.6) is 0 Å². The molecule has 0 spiro atoms. The van der Waals surface area contributed by atoms with Gasteiger partial charge in [0.05, 0.1) is 0 Å². The largest absolute Gasteiger partial charge is 0.355 e. The van der Waals surface area contributed by atoms with Crippen LogP contribution in [-0.4, -0.2) is 11.3 Å². The molecule has 8 aromatic carbocycles. The third-order valence-corrected chi connectivity index (χ3v) is 17.5. The van der Waals surface area contributed by atoms with Crippen LogP contribution in [0.1, 0.15) is 27.7 Å². The molecule has 8 rings (SSSR count). The van der Waals surface area contributed by atoms with Crippen molar-refractivity contribution in [2.75, 3.05) is 5.32 Å². The standard InChI is InChI=1S/C18H24NP.2C18H15P.Ag/c1-14(2)20(15(3)4)18-13-9-8-12-17(18)19-16-10-6-5-7-11-16;2*1-4-10-16(11-5-1)19(17-12-6-2-7-13-17)18-14-8-3-9-15-18;/h5-15,19H,1-4H3;2*1-15H;. The van der Waals surface area contributed by atoms with Gasteiger partial charge >= 0.3 is 0 Å². The molecule has 1 N–H and O–H groups in total. The van der Waals surface area contributed by atoms with Gasteiger partial charge in [0.2, 0.25) is 0 Å². The molecule has 0 atom stereocenters. The second kappa shape index (κ2) is 24.6. The van der Waals surface area contributed by atoms with Gasteiger partial charge < -0.3 is 5.32 Å². The molecule has 0 heterocycles. The van der Waals surface area contributed by atoms with Crippen molar-refractivity contribution in [3.05, 3.63) is 237 Å². The topological polar surface area (TPSA) is 12.0 Å². The number of para-hydroxylation sites is 2. The molecule has 0 aliphatic heterocycles. The van der Waals surface area contributed by atoms with E-state index in [-0.39, 0.29) is 30.3 Å². The van der Waals surface area contributed by atoms with Crippen molar-refractivity contribution in [3.63, 3.8) is 0 Å². The van der Waals surface area contributed by atoms with E-state index in [1.54, 1.807) is 0 Å². The fraction of sp³-hybridized carbons (Fsp3) is 0.111. The van der Waals surface area contributed by atoms with Gasteiger partial charge in [-0.2, -0.15) is 0 Å². The quantitative estimate of drug-likeness (QED) is 0.101. The molecule has 0 bridgehead atoms. The van der Waals surface area contributed by atoms with Crippen molar-refractivity contribution < 1.29 is 22.4 Å². The Bertz CT molecular complexity index is 2000. The molecule has 0 saturated carbocycles. The molecule has 1 nitrogen and oxygen atoms in total. The van der Waals surface area contributed by atoms with Gasteiger partial charge in [-0.1, -0.05) is 254 Å². The first-order chi connectivity index (χ1) is 28.5. The van der Waals surface area contributed by atoms with E-state index in [4.69, 9.17) is 0 Å². The molecule has 8 aromatic rings. The number of anilines is 2. The zero-order valence-corrected chi connectivity index (χ0v) is 38.5. The van der Waals surface area contributed by atoms with Crippen LogP contribution in [0.2, 0.25) is 0 Å². The molecule has 0 unspecified atom stereocenters. The summed E-state index contributed by atoms with van der Waals surface area (Å²) >= 11 is 0. The Morgan fingerprint density at radius 3 is 0.814 bits per heavy atom. The summed E-state index contributed by atoms with van der Waals surface area (Å²) in [6, 6.07) is 83.8. The van der Waals surface area contributed by atoms with Crippen LogP contribution in [0.25, 0.3) is 0 Å². The first-order valence-electron chi connectivity index (χ1n) is 20.1. The van der Waals surface area contributed by atoms with Crippen molar-refractivity contribution in [3.8, 4) is 0 Å². The first kappa shape index (κ1) is 45.7. The van der Waals surface area contributed by atoms with E-state index in [1.807, 2.05) is 6.07 Å². The van der Waals surface area contributed by atoms with Crippen LogP contribution in [-0.2, 0) is 22.4 Å². The molecule has 0 aromatic heterocycles. The Balaban J connectivity index is 0.000000167. The average molecular weight is 918 g/mol. The zero-order valence-electron chi connectivity index (χ0n) is 34.3. The van der Waals surface area contributed by atoms with Crippen LogP contribution >= 0.6 is 23.8 Å². The monoisotopic (exact) mass is 916 g/mol. The molecule has 0 saturated heterocycles. The van der Waals surface area contributed by atoms with Crippen molar-refractivity contribution in [2.24, 2.45) is 0 Å². The summed E-state index contributed by atoms with van der Waals surface area (Å²) in [7, 11) is -1.05. The minimum atomic E-state index is -0.446. The SMILES string of the molecule is CC(C)P(c1ccccc1Nc1ccccc1)C(C)C.[Ag].c1ccc(P(c2ccccc2)c2ccccc2)cc1.c1ccc(P(c2ccccc2)c2ccccc2)cc1. The minimum Gasteiger partial charge on any atom is -0.355 e. The summed E-state index contributed by atoms with van der Waals surface area (Å²) in [5.74, 6) is 0. The fourth-order valence-electron chi connectivity index (χ4n) is 6.99. The molecular weight excluding hydrogens is 863 g/mol. The summed E-state index contributed by atoms with van der Waals surface area (Å²) < 4.78 is 0. The predicted molar refractivity (Wildman–Crippen MR) is 263 cm³/mol. The van der Waals surface area contributed by atoms with Crippen molar-refractivity contribution in [1.82, 2.24) is 0 Å². The number of benzene rings is 8. The van der Waals surface area contributed by atoms with E-state index < -0.39 is 15.8 Å². The Labute approximate surface area is 373 Å². The minimum absolute atomic E-state index is 0. The average Bonchev–Trinajstić information content (AvgIpc) is 3.27. The maximum Gasteiger partial charge on any atom is 0.0462 e. The molecule has 0 amide bonds. The maximum atomic E-state index is 3.58. The molecule has 5 heteroatoms. The first-order valence-corrected chi connectivity index (χ1v) is 24.3. The van der Waals surface area contributed by atoms with Crippen LogP contribution in [0, 0.1) is 0 Å². The predicted octanol–water partition coefficient (Wildman–Crippen LogP) is 12.2. The Hall–Kier alpha value is -4.41. The van der Waals surface area contributed by atoms with Gasteiger partial charge in [-0.25, -0.2) is 0 Å². The van der Waals surface area contributed by atoms with E-state index in [2.05, 4.69) is 264 Å². The fourth-order valence-corrected chi connectivity index (χ4v) is 14.6. The van der Waals surface area contributed by atoms with Gasteiger partial charge in [0.25, 0.3) is 0 Å². The number of rotatable bonds is 11. The maximum absolute atomic E-state index is 3.58. The molecule has 0 aliphatic carbocycles. The van der Waals surface area contributed by atoms with Gasteiger partial charge in [-0.05, 0) is 82.5 Å². The van der Waals surface area contributed by atoms with E-state index in [0.29, 0.717) is 11.3 Å². The molecular formula is C54H54AgNP3. The van der Waals surface area contributed by atoms with Crippen LogP contribution < -0.4 is 42.4 Å².